The molecule has 2 heterocycles. The van der Waals surface area contributed by atoms with Crippen molar-refractivity contribution in [3.8, 4) is 0 Å². The highest BCUT2D eigenvalue weighted by molar-refractivity contribution is 6.34. The summed E-state index contributed by atoms with van der Waals surface area (Å²) in [5.74, 6) is 0.283. The van der Waals surface area contributed by atoms with E-state index in [1.807, 2.05) is 13.0 Å². The van der Waals surface area contributed by atoms with Crippen molar-refractivity contribution < 1.29 is 4.79 Å². The number of aromatic nitrogens is 2. The topological polar surface area (TPSA) is 66.9 Å². The summed E-state index contributed by atoms with van der Waals surface area (Å²) in [5.41, 5.74) is 1.77. The van der Waals surface area contributed by atoms with E-state index in [1.165, 1.54) is 0 Å². The molecule has 0 aliphatic rings. The Kier molecular flexibility index (Phi) is 5.11. The lowest BCUT2D eigenvalue weighted by atomic mass is 10.2. The first kappa shape index (κ1) is 15.3. The maximum absolute atomic E-state index is 12.3. The summed E-state index contributed by atoms with van der Waals surface area (Å²) in [4.78, 5) is 20.6. The molecule has 6 heteroatoms. The van der Waals surface area contributed by atoms with E-state index >= 15 is 0 Å². The average molecular weight is 305 g/mol. The first-order valence-electron chi connectivity index (χ1n) is 6.74. The van der Waals surface area contributed by atoms with Gasteiger partial charge >= 0.3 is 0 Å². The molecule has 1 amide bonds. The molecule has 0 saturated carbocycles. The van der Waals surface area contributed by atoms with E-state index < -0.39 is 0 Å². The first-order valence-corrected chi connectivity index (χ1v) is 7.12. The third kappa shape index (κ3) is 3.92. The van der Waals surface area contributed by atoms with Crippen molar-refractivity contribution in [2.24, 2.45) is 0 Å². The highest BCUT2D eigenvalue weighted by Crippen LogP contribution is 2.19. The summed E-state index contributed by atoms with van der Waals surface area (Å²) < 4.78 is 0. The molecule has 0 spiro atoms. The quantitative estimate of drug-likeness (QED) is 0.887. The zero-order chi connectivity index (χ0) is 15.2. The number of nitrogens with one attached hydrogen (secondary N) is 2. The fourth-order valence-corrected chi connectivity index (χ4v) is 1.92. The van der Waals surface area contributed by atoms with Gasteiger partial charge in [0.25, 0.3) is 5.91 Å². The molecule has 0 aliphatic heterocycles. The van der Waals surface area contributed by atoms with Crippen LogP contribution in [0.1, 0.15) is 29.4 Å². The minimum Gasteiger partial charge on any atom is -0.370 e. The van der Waals surface area contributed by atoms with Crippen molar-refractivity contribution in [1.29, 1.82) is 0 Å². The van der Waals surface area contributed by atoms with Gasteiger partial charge in [0.05, 0.1) is 16.9 Å². The number of halogens is 1. The van der Waals surface area contributed by atoms with Crippen molar-refractivity contribution in [3.05, 3.63) is 46.9 Å². The van der Waals surface area contributed by atoms with Crippen LogP contribution in [0.2, 0.25) is 5.02 Å². The number of amides is 1. The van der Waals surface area contributed by atoms with Crippen molar-refractivity contribution in [2.75, 3.05) is 17.2 Å². The van der Waals surface area contributed by atoms with Crippen LogP contribution in [0.15, 0.2) is 30.6 Å². The maximum atomic E-state index is 12.3. The van der Waals surface area contributed by atoms with Crippen LogP contribution in [0.25, 0.3) is 0 Å². The number of anilines is 2. The molecule has 21 heavy (non-hydrogen) atoms. The number of nitrogens with zero attached hydrogens (tertiary/aromatic N) is 2. The van der Waals surface area contributed by atoms with Crippen LogP contribution < -0.4 is 10.6 Å². The molecule has 2 aromatic heterocycles. The molecule has 0 aliphatic carbocycles. The van der Waals surface area contributed by atoms with Gasteiger partial charge in [-0.25, -0.2) is 4.98 Å². The fraction of sp³-hybridized carbons (Fsp3) is 0.267. The summed E-state index contributed by atoms with van der Waals surface area (Å²) in [6.45, 7) is 4.74. The van der Waals surface area contributed by atoms with Gasteiger partial charge in [-0.1, -0.05) is 18.5 Å². The lowest BCUT2D eigenvalue weighted by Crippen LogP contribution is -2.16. The Labute approximate surface area is 128 Å². The molecule has 0 fully saturated rings. The van der Waals surface area contributed by atoms with Crippen LogP contribution in [0.5, 0.6) is 0 Å². The number of carbonyl (C=O) groups is 1. The van der Waals surface area contributed by atoms with Gasteiger partial charge in [0, 0.05) is 12.7 Å². The van der Waals surface area contributed by atoms with Gasteiger partial charge in [0.1, 0.15) is 11.5 Å². The zero-order valence-corrected chi connectivity index (χ0v) is 12.7. The molecule has 0 bridgehead atoms. The summed E-state index contributed by atoms with van der Waals surface area (Å²) >= 11 is 6.06. The van der Waals surface area contributed by atoms with Gasteiger partial charge in [0.15, 0.2) is 0 Å². The van der Waals surface area contributed by atoms with Crippen LogP contribution in [0.4, 0.5) is 11.5 Å². The highest BCUT2D eigenvalue weighted by Gasteiger charge is 2.14. The second kappa shape index (κ2) is 7.04. The fourth-order valence-electron chi connectivity index (χ4n) is 1.73. The smallest absolute Gasteiger partial charge is 0.275 e. The minimum absolute atomic E-state index is 0.195. The molecule has 5 nitrogen and oxygen atoms in total. The van der Waals surface area contributed by atoms with Crippen LogP contribution in [-0.4, -0.2) is 22.4 Å². The molecule has 0 aromatic carbocycles. The van der Waals surface area contributed by atoms with Crippen molar-refractivity contribution in [2.45, 2.75) is 20.3 Å². The second-order valence-electron chi connectivity index (χ2n) is 4.60. The molecule has 0 radical (unpaired) electrons. The van der Waals surface area contributed by atoms with E-state index in [-0.39, 0.29) is 11.6 Å². The van der Waals surface area contributed by atoms with Gasteiger partial charge in [0.2, 0.25) is 0 Å². The SMILES string of the molecule is CCCNc1ccc(Cl)c(C(=O)Nc2cnccc2C)n1. The molecule has 0 unspecified atom stereocenters. The van der Waals surface area contributed by atoms with Crippen molar-refractivity contribution in [3.63, 3.8) is 0 Å². The first-order chi connectivity index (χ1) is 10.1. The molecule has 0 saturated heterocycles. The Hall–Kier alpha value is -2.14. The average Bonchev–Trinajstić information content (AvgIpc) is 2.48. The molecule has 2 aromatic rings. The van der Waals surface area contributed by atoms with Crippen molar-refractivity contribution >= 4 is 29.0 Å². The zero-order valence-electron chi connectivity index (χ0n) is 12.0. The van der Waals surface area contributed by atoms with Gasteiger partial charge < -0.3 is 10.6 Å². The van der Waals surface area contributed by atoms with E-state index in [2.05, 4.69) is 27.5 Å². The Morgan fingerprint density at radius 1 is 1.33 bits per heavy atom. The van der Waals surface area contributed by atoms with Gasteiger partial charge in [-0.15, -0.1) is 0 Å². The van der Waals surface area contributed by atoms with Gasteiger partial charge in [-0.05, 0) is 37.1 Å². The predicted molar refractivity (Wildman–Crippen MR) is 85.0 cm³/mol. The normalized spacial score (nSPS) is 10.2. The predicted octanol–water partition coefficient (Wildman–Crippen LogP) is 3.51. The Morgan fingerprint density at radius 3 is 2.86 bits per heavy atom. The third-order valence-electron chi connectivity index (χ3n) is 2.90. The number of rotatable bonds is 5. The van der Waals surface area contributed by atoms with E-state index in [9.17, 15) is 4.79 Å². The van der Waals surface area contributed by atoms with Crippen LogP contribution in [0.3, 0.4) is 0 Å². The third-order valence-corrected chi connectivity index (χ3v) is 3.21. The van der Waals surface area contributed by atoms with Gasteiger partial charge in [-0.2, -0.15) is 0 Å². The number of aryl methyl sites for hydroxylation is 1. The largest absolute Gasteiger partial charge is 0.370 e. The number of hydrogen-bond donors (Lipinski definition) is 2. The minimum atomic E-state index is -0.351. The lowest BCUT2D eigenvalue weighted by molar-refractivity contribution is 0.102. The summed E-state index contributed by atoms with van der Waals surface area (Å²) in [6, 6.07) is 5.24. The molecule has 0 atom stereocenters. The molecule has 2 rings (SSSR count). The Balaban J connectivity index is 2.20. The standard InChI is InChI=1S/C15H17ClN4O/c1-3-7-18-13-5-4-11(16)14(20-13)15(21)19-12-9-17-8-6-10(12)2/h4-6,8-9H,3,7H2,1-2H3,(H,18,20)(H,19,21). The van der Waals surface area contributed by atoms with Crippen LogP contribution >= 0.6 is 11.6 Å². The number of hydrogen-bond acceptors (Lipinski definition) is 4. The maximum Gasteiger partial charge on any atom is 0.275 e. The number of carbonyl (C=O) groups excluding carboxylic acids is 1. The summed E-state index contributed by atoms with van der Waals surface area (Å²) in [7, 11) is 0. The summed E-state index contributed by atoms with van der Waals surface area (Å²) in [5, 5.41) is 6.22. The molecule has 110 valence electrons. The van der Waals surface area contributed by atoms with E-state index in [0.717, 1.165) is 18.5 Å². The Bertz CT molecular complexity index is 645. The Morgan fingerprint density at radius 2 is 2.14 bits per heavy atom. The summed E-state index contributed by atoms with van der Waals surface area (Å²) in [6.07, 6.45) is 4.24. The highest BCUT2D eigenvalue weighted by atomic mass is 35.5. The van der Waals surface area contributed by atoms with Crippen LogP contribution in [-0.2, 0) is 0 Å². The molecular weight excluding hydrogens is 288 g/mol. The van der Waals surface area contributed by atoms with Crippen molar-refractivity contribution in [1.82, 2.24) is 9.97 Å². The van der Waals surface area contributed by atoms with Crippen LogP contribution in [0, 0.1) is 6.92 Å². The van der Waals surface area contributed by atoms with E-state index in [1.54, 1.807) is 24.5 Å². The van der Waals surface area contributed by atoms with E-state index in [4.69, 9.17) is 11.6 Å². The molecule has 2 N–H and O–H groups in total. The lowest BCUT2D eigenvalue weighted by Gasteiger charge is -2.10. The molecular formula is C15H17ClN4O. The number of pyridine rings is 2. The van der Waals surface area contributed by atoms with Gasteiger partial charge in [-0.3, -0.25) is 9.78 Å². The monoisotopic (exact) mass is 304 g/mol. The second-order valence-corrected chi connectivity index (χ2v) is 5.01. The van der Waals surface area contributed by atoms with E-state index in [0.29, 0.717) is 16.5 Å².